The van der Waals surface area contributed by atoms with Crippen LogP contribution in [0.1, 0.15) is 20.8 Å². The summed E-state index contributed by atoms with van der Waals surface area (Å²) in [6.07, 6.45) is 0. The Bertz CT molecular complexity index is 25.3. The molecule has 0 bridgehead atoms. The molecule has 9 heavy (non-hydrogen) atoms. The van der Waals surface area contributed by atoms with Gasteiger partial charge in [-0.05, 0) is 0 Å². The first-order valence-electron chi connectivity index (χ1n) is 2.71. The Hall–Kier alpha value is 0.960. The van der Waals surface area contributed by atoms with Crippen molar-refractivity contribution in [1.29, 1.82) is 0 Å². The van der Waals surface area contributed by atoms with Crippen molar-refractivity contribution >= 4 is 0 Å². The smallest absolute Gasteiger partial charge is 0.498 e. The van der Waals surface area contributed by atoms with E-state index in [9.17, 15) is 0 Å². The van der Waals surface area contributed by atoms with Crippen LogP contribution >= 0.6 is 0 Å². The Morgan fingerprint density at radius 2 is 1.44 bits per heavy atom. The van der Waals surface area contributed by atoms with Crippen molar-refractivity contribution in [3.63, 3.8) is 0 Å². The van der Waals surface area contributed by atoms with Crippen LogP contribution in [-0.4, -0.2) is 6.54 Å². The van der Waals surface area contributed by atoms with E-state index >= 15 is 0 Å². The molecule has 0 fully saturated rings. The van der Waals surface area contributed by atoms with Crippen molar-refractivity contribution in [3.8, 4) is 0 Å². The second-order valence-corrected chi connectivity index (χ2v) is 2.00. The van der Waals surface area contributed by atoms with E-state index in [1.54, 1.807) is 0 Å². The van der Waals surface area contributed by atoms with Gasteiger partial charge in [0, 0.05) is 0 Å². The molecule has 0 aromatic rings. The molecule has 0 unspecified atom stereocenters. The van der Waals surface area contributed by atoms with Gasteiger partial charge in [-0.25, -0.2) is 0 Å². The van der Waals surface area contributed by atoms with E-state index in [4.69, 9.17) is 0 Å². The van der Waals surface area contributed by atoms with E-state index < -0.39 is 0 Å². The summed E-state index contributed by atoms with van der Waals surface area (Å²) < 4.78 is 0. The first-order valence-corrected chi connectivity index (χ1v) is 2.71. The van der Waals surface area contributed by atoms with Gasteiger partial charge in [0.05, 0.1) is 0 Å². The molecular weight excluding hydrogens is 121 g/mol. The van der Waals surface area contributed by atoms with Crippen LogP contribution < -0.4 is 34.9 Å². The van der Waals surface area contributed by atoms with Crippen molar-refractivity contribution in [2.75, 3.05) is 6.54 Å². The van der Waals surface area contributed by atoms with Crippen LogP contribution in [0.25, 0.3) is 0 Å². The average Bonchev–Trinajstić information content (AvgIpc) is 1.65. The molecule has 0 radical (unpaired) electrons. The van der Waals surface area contributed by atoms with Gasteiger partial charge in [-0.3, -0.25) is 7.05 Å². The standard InChI is InChI=1S/C4H9.C3H7N.Na/c1-4(2)3;1-3-4-2;/h1-3H3;4H,1-3H2;/q-1;-2;+1. The first-order chi connectivity index (χ1) is 3.65. The molecule has 0 aliphatic rings. The third-order valence-corrected chi connectivity index (χ3v) is 0.177. The summed E-state index contributed by atoms with van der Waals surface area (Å²) in [6, 6.07) is 0. The molecule has 0 aliphatic heterocycles. The number of nitrogens with one attached hydrogen (secondary N) is 1. The summed E-state index contributed by atoms with van der Waals surface area (Å²) in [5.74, 6) is 1.42. The van der Waals surface area contributed by atoms with Gasteiger partial charge in [-0.15, -0.1) is 0 Å². The molecule has 0 amide bonds. The van der Waals surface area contributed by atoms with Crippen molar-refractivity contribution in [2.24, 2.45) is 0 Å². The van der Waals surface area contributed by atoms with E-state index in [-0.39, 0.29) is 29.6 Å². The third kappa shape index (κ3) is 113. The maximum Gasteiger partial charge on any atom is 1.00 e. The van der Waals surface area contributed by atoms with Crippen LogP contribution in [0.4, 0.5) is 0 Å². The maximum absolute atomic E-state index is 3.43. The second-order valence-electron chi connectivity index (χ2n) is 2.00. The van der Waals surface area contributed by atoms with E-state index in [0.29, 0.717) is 6.54 Å². The van der Waals surface area contributed by atoms with Crippen molar-refractivity contribution < 1.29 is 29.6 Å². The van der Waals surface area contributed by atoms with E-state index in [1.165, 1.54) is 5.92 Å². The average molecular weight is 137 g/mol. The molecule has 1 nitrogen and oxygen atoms in total. The van der Waals surface area contributed by atoms with Crippen molar-refractivity contribution in [1.82, 2.24) is 5.32 Å². The molecule has 0 aliphatic carbocycles. The fourth-order valence-corrected chi connectivity index (χ4v) is 0. The molecule has 0 spiro atoms. The predicted molar refractivity (Wildman–Crippen MR) is 39.0 cm³/mol. The molecule has 0 saturated carbocycles. The fraction of sp³-hybridized carbons (Fsp3) is 0.571. The van der Waals surface area contributed by atoms with Crippen LogP contribution in [0.5, 0.6) is 0 Å². The molecule has 0 heterocycles. The van der Waals surface area contributed by atoms with E-state index in [0.717, 1.165) is 0 Å². The van der Waals surface area contributed by atoms with Crippen LogP contribution in [0.3, 0.4) is 0 Å². The predicted octanol–water partition coefficient (Wildman–Crippen LogP) is -1.17. The van der Waals surface area contributed by atoms with E-state index in [1.807, 2.05) is 0 Å². The molecule has 2 heteroatoms. The normalized spacial score (nSPS) is 7.33. The monoisotopic (exact) mass is 137 g/mol. The van der Waals surface area contributed by atoms with Gasteiger partial charge in [0.1, 0.15) is 0 Å². The third-order valence-electron chi connectivity index (χ3n) is 0.177. The van der Waals surface area contributed by atoms with Gasteiger partial charge in [-0.1, -0.05) is 0 Å². The minimum Gasteiger partial charge on any atom is -0.498 e. The summed E-state index contributed by atoms with van der Waals surface area (Å²) in [5, 5.41) is 2.57. The van der Waals surface area contributed by atoms with Crippen LogP contribution in [-0.2, 0) is 0 Å². The Morgan fingerprint density at radius 3 is 1.44 bits per heavy atom. The fourth-order valence-electron chi connectivity index (χ4n) is 0. The Balaban J connectivity index is -0.0000000720. The summed E-state index contributed by atoms with van der Waals surface area (Å²) in [4.78, 5) is 0. The van der Waals surface area contributed by atoms with Gasteiger partial charge in [0.15, 0.2) is 0 Å². The second kappa shape index (κ2) is 16.0. The summed E-state index contributed by atoms with van der Waals surface area (Å²) in [7, 11) is 3.29. The number of hydrogen-bond acceptors (Lipinski definition) is 1. The van der Waals surface area contributed by atoms with Gasteiger partial charge < -0.3 is 18.2 Å². The largest absolute Gasteiger partial charge is 1.00 e. The topological polar surface area (TPSA) is 12.0 Å². The molecule has 0 aromatic carbocycles. The molecule has 0 saturated heterocycles. The first kappa shape index (κ1) is 16.5. The Morgan fingerprint density at radius 1 is 1.33 bits per heavy atom. The zero-order valence-electron chi connectivity index (χ0n) is 7.12. The Kier molecular flexibility index (Phi) is 29.3. The molecule has 0 rings (SSSR count). The summed E-state index contributed by atoms with van der Waals surface area (Å²) in [5.41, 5.74) is 0. The Labute approximate surface area is 81.9 Å². The van der Waals surface area contributed by atoms with Gasteiger partial charge in [0.25, 0.3) is 0 Å². The van der Waals surface area contributed by atoms with Crippen molar-refractivity contribution in [2.45, 2.75) is 20.8 Å². The number of rotatable bonds is 1. The van der Waals surface area contributed by atoms with Crippen LogP contribution in [0.2, 0.25) is 0 Å². The molecular formula is C7H16NNa-2. The van der Waals surface area contributed by atoms with Gasteiger partial charge >= 0.3 is 29.6 Å². The molecule has 1 N–H and O–H groups in total. The molecule has 0 atom stereocenters. The van der Waals surface area contributed by atoms with Crippen molar-refractivity contribution in [3.05, 3.63) is 19.9 Å². The molecule has 52 valence electrons. The molecule has 0 aromatic heterocycles. The zero-order valence-corrected chi connectivity index (χ0v) is 9.12. The van der Waals surface area contributed by atoms with Crippen LogP contribution in [0.15, 0.2) is 0 Å². The SMILES string of the molecule is C[C-](C)C.[CH2-]CN[CH2-].[Na+]. The van der Waals surface area contributed by atoms with Gasteiger partial charge in [-0.2, -0.15) is 27.3 Å². The zero-order chi connectivity index (χ0) is 6.99. The summed E-state index contributed by atoms with van der Waals surface area (Å²) in [6.45, 7) is 10.4. The van der Waals surface area contributed by atoms with Gasteiger partial charge in [0.2, 0.25) is 0 Å². The minimum absolute atomic E-state index is 0. The number of hydrogen-bond donors (Lipinski definition) is 1. The summed E-state index contributed by atoms with van der Waals surface area (Å²) >= 11 is 0. The van der Waals surface area contributed by atoms with E-state index in [2.05, 4.69) is 40.1 Å². The maximum atomic E-state index is 3.43. The minimum atomic E-state index is 0. The van der Waals surface area contributed by atoms with Crippen LogP contribution in [0, 0.1) is 19.9 Å². The quantitative estimate of drug-likeness (QED) is 0.354.